The number of hydrazone groups is 1. The second-order valence-corrected chi connectivity index (χ2v) is 6.22. The predicted molar refractivity (Wildman–Crippen MR) is 99.0 cm³/mol. The van der Waals surface area contributed by atoms with Crippen LogP contribution in [-0.4, -0.2) is 18.2 Å². The van der Waals surface area contributed by atoms with Crippen LogP contribution >= 0.6 is 0 Å². The fraction of sp³-hybridized carbons (Fsp3) is 0.143. The molecule has 0 saturated heterocycles. The van der Waals surface area contributed by atoms with Crippen LogP contribution < -0.4 is 10.2 Å². The van der Waals surface area contributed by atoms with E-state index in [2.05, 4.69) is 22.7 Å². The minimum atomic E-state index is -0.545. The Morgan fingerprint density at radius 3 is 2.76 bits per heavy atom. The maximum absolute atomic E-state index is 12.3. The number of aryl methyl sites for hydroxylation is 1. The van der Waals surface area contributed by atoms with Crippen molar-refractivity contribution < 1.29 is 9.53 Å². The molecule has 0 fully saturated rings. The van der Waals surface area contributed by atoms with E-state index >= 15 is 0 Å². The molecule has 1 N–H and O–H groups in total. The van der Waals surface area contributed by atoms with Gasteiger partial charge < -0.3 is 4.74 Å². The largest absolute Gasteiger partial charge is 0.480 e. The highest BCUT2D eigenvalue weighted by atomic mass is 16.5. The second-order valence-electron chi connectivity index (χ2n) is 6.22. The van der Waals surface area contributed by atoms with Gasteiger partial charge in [0.2, 0.25) is 0 Å². The summed E-state index contributed by atoms with van der Waals surface area (Å²) in [4.78, 5) is 12.3. The zero-order valence-electron chi connectivity index (χ0n) is 13.9. The highest BCUT2D eigenvalue weighted by molar-refractivity contribution is 5.91. The smallest absolute Gasteiger partial charge is 0.281 e. The number of amides is 1. The van der Waals surface area contributed by atoms with Gasteiger partial charge in [-0.15, -0.1) is 0 Å². The third kappa shape index (κ3) is 3.11. The quantitative estimate of drug-likeness (QED) is 0.589. The van der Waals surface area contributed by atoms with Crippen LogP contribution in [-0.2, 0) is 11.2 Å². The van der Waals surface area contributed by atoms with Crippen molar-refractivity contribution in [2.24, 2.45) is 5.10 Å². The van der Waals surface area contributed by atoms with Crippen molar-refractivity contribution in [2.75, 3.05) is 0 Å². The highest BCUT2D eigenvalue weighted by Gasteiger charge is 2.30. The molecule has 4 heteroatoms. The third-order valence-electron chi connectivity index (χ3n) is 4.41. The molecule has 0 bridgehead atoms. The lowest BCUT2D eigenvalue weighted by Gasteiger charge is -2.08. The number of nitrogens with zero attached hydrogens (tertiary/aromatic N) is 1. The van der Waals surface area contributed by atoms with E-state index in [1.807, 2.05) is 55.5 Å². The molecule has 0 unspecified atom stereocenters. The number of nitrogens with one attached hydrogen (secondary N) is 1. The summed E-state index contributed by atoms with van der Waals surface area (Å²) in [6.45, 7) is 2.03. The molecule has 1 aliphatic rings. The minimum Gasteiger partial charge on any atom is -0.480 e. The fourth-order valence-electron chi connectivity index (χ4n) is 3.06. The Hall–Kier alpha value is -3.14. The van der Waals surface area contributed by atoms with E-state index in [1.54, 1.807) is 6.21 Å². The molecule has 124 valence electrons. The van der Waals surface area contributed by atoms with Crippen LogP contribution in [0.15, 0.2) is 65.8 Å². The molecule has 1 atom stereocenters. The molecule has 1 heterocycles. The molecule has 0 saturated carbocycles. The van der Waals surface area contributed by atoms with E-state index < -0.39 is 6.10 Å². The van der Waals surface area contributed by atoms with Gasteiger partial charge in [-0.25, -0.2) is 5.43 Å². The lowest BCUT2D eigenvalue weighted by atomic mass is 10.0. The van der Waals surface area contributed by atoms with Crippen LogP contribution in [0.4, 0.5) is 0 Å². The number of hydrogen-bond acceptors (Lipinski definition) is 3. The lowest BCUT2D eigenvalue weighted by Crippen LogP contribution is -2.34. The zero-order valence-corrected chi connectivity index (χ0v) is 13.9. The first-order chi connectivity index (χ1) is 12.2. The zero-order chi connectivity index (χ0) is 17.2. The number of benzene rings is 3. The van der Waals surface area contributed by atoms with Gasteiger partial charge in [-0.3, -0.25) is 4.79 Å². The van der Waals surface area contributed by atoms with Crippen LogP contribution in [0.3, 0.4) is 0 Å². The Kier molecular flexibility index (Phi) is 3.94. The average molecular weight is 330 g/mol. The molecule has 1 aliphatic heterocycles. The second kappa shape index (κ2) is 6.40. The van der Waals surface area contributed by atoms with E-state index in [-0.39, 0.29) is 5.91 Å². The first kappa shape index (κ1) is 15.4. The first-order valence-electron chi connectivity index (χ1n) is 8.27. The van der Waals surface area contributed by atoms with Gasteiger partial charge in [0.05, 0.1) is 6.21 Å². The van der Waals surface area contributed by atoms with Gasteiger partial charge in [-0.2, -0.15) is 5.10 Å². The van der Waals surface area contributed by atoms with Gasteiger partial charge in [0.15, 0.2) is 6.10 Å². The number of carbonyl (C=O) groups is 1. The molecule has 25 heavy (non-hydrogen) atoms. The van der Waals surface area contributed by atoms with Gasteiger partial charge in [-0.05, 0) is 29.3 Å². The van der Waals surface area contributed by atoms with E-state index in [9.17, 15) is 4.79 Å². The summed E-state index contributed by atoms with van der Waals surface area (Å²) in [5, 5.41) is 6.33. The van der Waals surface area contributed by atoms with Crippen LogP contribution in [0.2, 0.25) is 0 Å². The number of carbonyl (C=O) groups excluding carboxylic acids is 1. The normalized spacial score (nSPS) is 16.0. The lowest BCUT2D eigenvalue weighted by molar-refractivity contribution is -0.127. The van der Waals surface area contributed by atoms with Crippen molar-refractivity contribution in [2.45, 2.75) is 19.4 Å². The Morgan fingerprint density at radius 1 is 1.12 bits per heavy atom. The number of rotatable bonds is 3. The molecule has 3 aromatic rings. The maximum atomic E-state index is 12.3. The van der Waals surface area contributed by atoms with Gasteiger partial charge in [0.1, 0.15) is 5.75 Å². The highest BCUT2D eigenvalue weighted by Crippen LogP contribution is 2.34. The monoisotopic (exact) mass is 330 g/mol. The standard InChI is InChI=1S/C21H18N2O2/c1-14-6-8-15(9-7-14)13-22-23-21(24)20-12-18-17-5-3-2-4-16(17)10-11-19(18)25-20/h2-11,13,20H,12H2,1H3,(H,23,24)/b22-13+/t20-/m0/s1. The summed E-state index contributed by atoms with van der Waals surface area (Å²) in [6, 6.07) is 20.0. The summed E-state index contributed by atoms with van der Waals surface area (Å²) < 4.78 is 5.81. The topological polar surface area (TPSA) is 50.7 Å². The van der Waals surface area contributed by atoms with Crippen molar-refractivity contribution in [3.8, 4) is 5.75 Å². The van der Waals surface area contributed by atoms with Crippen molar-refractivity contribution in [1.29, 1.82) is 0 Å². The number of fused-ring (bicyclic) bond motifs is 3. The van der Waals surface area contributed by atoms with Gasteiger partial charge >= 0.3 is 0 Å². The Labute approximate surface area is 146 Å². The van der Waals surface area contributed by atoms with Crippen molar-refractivity contribution in [3.05, 3.63) is 77.4 Å². The Bertz CT molecular complexity index is 961. The summed E-state index contributed by atoms with van der Waals surface area (Å²) in [5.41, 5.74) is 5.78. The van der Waals surface area contributed by atoms with Crippen LogP contribution in [0.25, 0.3) is 10.8 Å². The number of hydrogen-bond donors (Lipinski definition) is 1. The van der Waals surface area contributed by atoms with E-state index in [1.165, 1.54) is 5.56 Å². The fourth-order valence-corrected chi connectivity index (χ4v) is 3.06. The Balaban J connectivity index is 1.45. The molecule has 0 aromatic heterocycles. The molecule has 1 amide bonds. The van der Waals surface area contributed by atoms with Crippen LogP contribution in [0.1, 0.15) is 16.7 Å². The van der Waals surface area contributed by atoms with Gasteiger partial charge in [0.25, 0.3) is 5.91 Å². The molecule has 3 aromatic carbocycles. The summed E-state index contributed by atoms with van der Waals surface area (Å²) in [7, 11) is 0. The van der Waals surface area contributed by atoms with Crippen molar-refractivity contribution in [1.82, 2.24) is 5.43 Å². The molecule has 4 nitrogen and oxygen atoms in total. The molecule has 4 rings (SSSR count). The third-order valence-corrected chi connectivity index (χ3v) is 4.41. The summed E-state index contributed by atoms with van der Waals surface area (Å²) >= 11 is 0. The van der Waals surface area contributed by atoms with E-state index in [0.29, 0.717) is 6.42 Å². The molecular weight excluding hydrogens is 312 g/mol. The predicted octanol–water partition coefficient (Wildman–Crippen LogP) is 3.60. The first-order valence-corrected chi connectivity index (χ1v) is 8.27. The SMILES string of the molecule is Cc1ccc(/C=N/NC(=O)[C@@H]2Cc3c(ccc4ccccc34)O2)cc1. The molecule has 0 radical (unpaired) electrons. The summed E-state index contributed by atoms with van der Waals surface area (Å²) in [5.74, 6) is 0.546. The molecule has 0 spiro atoms. The molecule has 0 aliphatic carbocycles. The Morgan fingerprint density at radius 2 is 1.92 bits per heavy atom. The van der Waals surface area contributed by atoms with Crippen molar-refractivity contribution >= 4 is 22.9 Å². The average Bonchev–Trinajstić information content (AvgIpc) is 3.08. The minimum absolute atomic E-state index is 0.233. The van der Waals surface area contributed by atoms with Crippen LogP contribution in [0, 0.1) is 6.92 Å². The van der Waals surface area contributed by atoms with Crippen molar-refractivity contribution in [3.63, 3.8) is 0 Å². The summed E-state index contributed by atoms with van der Waals surface area (Å²) in [6.07, 6.45) is 1.65. The maximum Gasteiger partial charge on any atom is 0.281 e. The van der Waals surface area contributed by atoms with Gasteiger partial charge in [-0.1, -0.05) is 60.2 Å². The van der Waals surface area contributed by atoms with Gasteiger partial charge in [0, 0.05) is 12.0 Å². The van der Waals surface area contributed by atoms with E-state index in [4.69, 9.17) is 4.74 Å². The van der Waals surface area contributed by atoms with Crippen LogP contribution in [0.5, 0.6) is 5.75 Å². The molecular formula is C21H18N2O2. The van der Waals surface area contributed by atoms with E-state index in [0.717, 1.165) is 27.6 Å². The number of ether oxygens (including phenoxy) is 1.